The first-order valence-corrected chi connectivity index (χ1v) is 10.7. The van der Waals surface area contributed by atoms with E-state index in [0.717, 1.165) is 27.0 Å². The Morgan fingerprint density at radius 1 is 0.935 bits per heavy atom. The molecule has 2 N–H and O–H groups in total. The van der Waals surface area contributed by atoms with E-state index < -0.39 is 0 Å². The molecule has 0 unspecified atom stereocenters. The molecule has 2 heterocycles. The van der Waals surface area contributed by atoms with Gasteiger partial charge in [0, 0.05) is 15.9 Å². The van der Waals surface area contributed by atoms with Gasteiger partial charge in [-0.3, -0.25) is 4.79 Å². The molecule has 0 spiro atoms. The number of rotatable bonds is 4. The first-order chi connectivity index (χ1) is 15.2. The molecule has 3 aromatic carbocycles. The van der Waals surface area contributed by atoms with Crippen molar-refractivity contribution in [3.05, 3.63) is 118 Å². The largest absolute Gasteiger partial charge is 0.339 e. The standard InChI is InChI=1S/C25H19BrN4O/c26-19-13-11-17(12-14-19)22-15-23(18-7-3-1-4-8-18)30-24(29-22)21(16-27-30)25(31)28-20-9-5-2-6-10-20/h1-16,23,29H,(H,28,31)/t23-/m0/s1. The van der Waals surface area contributed by atoms with Crippen LogP contribution in [-0.2, 0) is 0 Å². The lowest BCUT2D eigenvalue weighted by molar-refractivity contribution is 0.102. The molecular weight excluding hydrogens is 452 g/mol. The quantitative estimate of drug-likeness (QED) is 0.387. The van der Waals surface area contributed by atoms with Crippen LogP contribution in [0.1, 0.15) is 27.5 Å². The summed E-state index contributed by atoms with van der Waals surface area (Å²) in [7, 11) is 0. The fourth-order valence-corrected chi connectivity index (χ4v) is 3.93. The third-order valence-corrected chi connectivity index (χ3v) is 5.74. The molecule has 0 saturated carbocycles. The second-order valence-corrected chi connectivity index (χ2v) is 8.16. The zero-order valence-electron chi connectivity index (χ0n) is 16.5. The number of hydrogen-bond acceptors (Lipinski definition) is 3. The van der Waals surface area contributed by atoms with Crippen LogP contribution in [0.4, 0.5) is 11.5 Å². The average molecular weight is 471 g/mol. The Bertz CT molecular complexity index is 1250. The van der Waals surface area contributed by atoms with Crippen LogP contribution in [0.5, 0.6) is 0 Å². The molecule has 1 atom stereocenters. The summed E-state index contributed by atoms with van der Waals surface area (Å²) in [6.07, 6.45) is 3.76. The predicted octanol–water partition coefficient (Wildman–Crippen LogP) is 5.95. The zero-order chi connectivity index (χ0) is 21.2. The summed E-state index contributed by atoms with van der Waals surface area (Å²) in [4.78, 5) is 13.0. The van der Waals surface area contributed by atoms with E-state index >= 15 is 0 Å². The summed E-state index contributed by atoms with van der Waals surface area (Å²) < 4.78 is 2.87. The molecule has 6 heteroatoms. The molecule has 4 aromatic rings. The van der Waals surface area contributed by atoms with Crippen LogP contribution in [0.25, 0.3) is 5.70 Å². The van der Waals surface area contributed by atoms with Gasteiger partial charge in [0.15, 0.2) is 0 Å². The third-order valence-electron chi connectivity index (χ3n) is 5.21. The van der Waals surface area contributed by atoms with Crippen LogP contribution < -0.4 is 10.6 Å². The molecule has 0 fully saturated rings. The first kappa shape index (κ1) is 19.3. The van der Waals surface area contributed by atoms with Gasteiger partial charge in [0.25, 0.3) is 5.91 Å². The van der Waals surface area contributed by atoms with Crippen molar-refractivity contribution in [3.8, 4) is 0 Å². The zero-order valence-corrected chi connectivity index (χ0v) is 18.1. The number of para-hydroxylation sites is 1. The van der Waals surface area contributed by atoms with E-state index in [4.69, 9.17) is 0 Å². The summed E-state index contributed by atoms with van der Waals surface area (Å²) in [5.41, 5.74) is 4.30. The van der Waals surface area contributed by atoms with Gasteiger partial charge in [-0.15, -0.1) is 0 Å². The molecule has 31 heavy (non-hydrogen) atoms. The number of amides is 1. The molecule has 0 radical (unpaired) electrons. The van der Waals surface area contributed by atoms with E-state index in [1.807, 2.05) is 77.5 Å². The highest BCUT2D eigenvalue weighted by atomic mass is 79.9. The van der Waals surface area contributed by atoms with Crippen molar-refractivity contribution in [1.82, 2.24) is 9.78 Å². The Kier molecular flexibility index (Phi) is 5.14. The van der Waals surface area contributed by atoms with Crippen molar-refractivity contribution in [2.75, 3.05) is 10.6 Å². The van der Waals surface area contributed by atoms with E-state index in [2.05, 4.69) is 49.9 Å². The number of aromatic nitrogens is 2. The number of nitrogens with zero attached hydrogens (tertiary/aromatic N) is 2. The highest BCUT2D eigenvalue weighted by Crippen LogP contribution is 2.35. The lowest BCUT2D eigenvalue weighted by atomic mass is 10.0. The molecule has 5 rings (SSSR count). The van der Waals surface area contributed by atoms with Crippen molar-refractivity contribution in [3.63, 3.8) is 0 Å². The van der Waals surface area contributed by atoms with Crippen LogP contribution in [0.2, 0.25) is 0 Å². The van der Waals surface area contributed by atoms with Crippen LogP contribution in [0.3, 0.4) is 0 Å². The Hall–Kier alpha value is -3.64. The highest BCUT2D eigenvalue weighted by Gasteiger charge is 2.27. The Morgan fingerprint density at radius 2 is 1.61 bits per heavy atom. The van der Waals surface area contributed by atoms with E-state index in [9.17, 15) is 4.79 Å². The molecule has 1 amide bonds. The lowest BCUT2D eigenvalue weighted by Gasteiger charge is -2.26. The Balaban J connectivity index is 1.56. The van der Waals surface area contributed by atoms with Crippen molar-refractivity contribution in [2.24, 2.45) is 0 Å². The van der Waals surface area contributed by atoms with Crippen LogP contribution in [0.15, 0.2) is 102 Å². The maximum Gasteiger partial charge on any atom is 0.261 e. The van der Waals surface area contributed by atoms with Crippen molar-refractivity contribution in [1.29, 1.82) is 0 Å². The lowest BCUT2D eigenvalue weighted by Crippen LogP contribution is -2.22. The first-order valence-electron chi connectivity index (χ1n) is 9.93. The maximum atomic E-state index is 13.0. The minimum atomic E-state index is -0.205. The van der Waals surface area contributed by atoms with Crippen molar-refractivity contribution in [2.45, 2.75) is 6.04 Å². The normalized spacial score (nSPS) is 14.9. The van der Waals surface area contributed by atoms with Gasteiger partial charge in [0.05, 0.1) is 12.2 Å². The van der Waals surface area contributed by atoms with Crippen molar-refractivity contribution < 1.29 is 4.79 Å². The van der Waals surface area contributed by atoms with Crippen molar-refractivity contribution >= 4 is 39.0 Å². The molecule has 0 bridgehead atoms. The summed E-state index contributed by atoms with van der Waals surface area (Å²) in [5.74, 6) is 0.464. The monoisotopic (exact) mass is 470 g/mol. The topological polar surface area (TPSA) is 59.0 Å². The highest BCUT2D eigenvalue weighted by molar-refractivity contribution is 9.10. The van der Waals surface area contributed by atoms with Gasteiger partial charge >= 0.3 is 0 Å². The number of hydrogen-bond donors (Lipinski definition) is 2. The number of carbonyl (C=O) groups excluding carboxylic acids is 1. The molecule has 5 nitrogen and oxygen atoms in total. The second-order valence-electron chi connectivity index (χ2n) is 7.24. The van der Waals surface area contributed by atoms with E-state index in [1.165, 1.54) is 0 Å². The van der Waals surface area contributed by atoms with Crippen LogP contribution in [-0.4, -0.2) is 15.7 Å². The number of allylic oxidation sites excluding steroid dienone is 1. The van der Waals surface area contributed by atoms with Crippen LogP contribution >= 0.6 is 15.9 Å². The number of anilines is 2. The van der Waals surface area contributed by atoms with E-state index in [-0.39, 0.29) is 11.9 Å². The fourth-order valence-electron chi connectivity index (χ4n) is 3.67. The predicted molar refractivity (Wildman–Crippen MR) is 127 cm³/mol. The molecule has 1 aromatic heterocycles. The summed E-state index contributed by atoms with van der Waals surface area (Å²) in [6, 6.07) is 27.5. The van der Waals surface area contributed by atoms with Gasteiger partial charge < -0.3 is 10.6 Å². The molecule has 0 saturated heterocycles. The van der Waals surface area contributed by atoms with Crippen LogP contribution in [0, 0.1) is 0 Å². The maximum absolute atomic E-state index is 13.0. The summed E-state index contributed by atoms with van der Waals surface area (Å²) >= 11 is 3.49. The second kappa shape index (κ2) is 8.24. The number of halogens is 1. The smallest absolute Gasteiger partial charge is 0.261 e. The summed E-state index contributed by atoms with van der Waals surface area (Å²) in [5, 5.41) is 10.9. The van der Waals surface area contributed by atoms with Gasteiger partial charge in [-0.1, -0.05) is 76.6 Å². The average Bonchev–Trinajstić information content (AvgIpc) is 3.24. The SMILES string of the molecule is O=C(Nc1ccccc1)c1cnn2c1NC(c1ccc(Br)cc1)=C[C@H]2c1ccccc1. The number of carbonyl (C=O) groups is 1. The molecule has 0 aliphatic carbocycles. The Morgan fingerprint density at radius 3 is 2.32 bits per heavy atom. The van der Waals surface area contributed by atoms with E-state index in [0.29, 0.717) is 11.4 Å². The fraction of sp³-hybridized carbons (Fsp3) is 0.0400. The van der Waals surface area contributed by atoms with Gasteiger partial charge in [-0.2, -0.15) is 5.10 Å². The third kappa shape index (κ3) is 3.90. The minimum Gasteiger partial charge on any atom is -0.339 e. The number of nitrogens with one attached hydrogen (secondary N) is 2. The van der Waals surface area contributed by atoms with Gasteiger partial charge in [-0.25, -0.2) is 4.68 Å². The van der Waals surface area contributed by atoms with Gasteiger partial charge in [0.1, 0.15) is 11.4 Å². The minimum absolute atomic E-state index is 0.130. The number of benzene rings is 3. The molecule has 1 aliphatic heterocycles. The van der Waals surface area contributed by atoms with Gasteiger partial charge in [-0.05, 0) is 41.5 Å². The van der Waals surface area contributed by atoms with E-state index in [1.54, 1.807) is 6.20 Å². The van der Waals surface area contributed by atoms with Gasteiger partial charge in [0.2, 0.25) is 0 Å². The molecular formula is C25H19BrN4O. The Labute approximate surface area is 188 Å². The number of fused-ring (bicyclic) bond motifs is 1. The molecule has 1 aliphatic rings. The molecule has 152 valence electrons. The summed E-state index contributed by atoms with van der Waals surface area (Å²) in [6.45, 7) is 0.